The van der Waals surface area contributed by atoms with Gasteiger partial charge >= 0.3 is 5.97 Å². The Bertz CT molecular complexity index is 158. The average Bonchev–Trinajstić information content (AvgIpc) is 1.78. The molecule has 0 aliphatic rings. The third-order valence-electron chi connectivity index (χ3n) is 1.19. The normalized spacial score (nSPS) is 12.8. The molecular formula is C10H19O2. The van der Waals surface area contributed by atoms with Crippen LogP contribution in [0.2, 0.25) is 0 Å². The number of rotatable bonds is 2. The van der Waals surface area contributed by atoms with E-state index in [0.29, 0.717) is 6.61 Å². The molecule has 0 spiro atoms. The zero-order valence-corrected chi connectivity index (χ0v) is 8.73. The van der Waals surface area contributed by atoms with E-state index >= 15 is 0 Å². The summed E-state index contributed by atoms with van der Waals surface area (Å²) >= 11 is 0. The second-order valence-electron chi connectivity index (χ2n) is 5.02. The van der Waals surface area contributed by atoms with Crippen LogP contribution >= 0.6 is 0 Å². The Hall–Kier alpha value is -0.530. The lowest BCUT2D eigenvalue weighted by Gasteiger charge is -2.22. The molecule has 0 fully saturated rings. The van der Waals surface area contributed by atoms with E-state index < -0.39 is 5.41 Å². The summed E-state index contributed by atoms with van der Waals surface area (Å²) in [7, 11) is 0. The topological polar surface area (TPSA) is 26.3 Å². The molecule has 0 bridgehead atoms. The first kappa shape index (κ1) is 11.5. The first-order chi connectivity index (χ1) is 5.13. The quantitative estimate of drug-likeness (QED) is 0.596. The highest BCUT2D eigenvalue weighted by Gasteiger charge is 2.24. The van der Waals surface area contributed by atoms with Gasteiger partial charge in [-0.15, -0.1) is 0 Å². The van der Waals surface area contributed by atoms with E-state index in [1.54, 1.807) is 13.8 Å². The summed E-state index contributed by atoms with van der Waals surface area (Å²) in [5.74, 6) is -0.238. The first-order valence-corrected chi connectivity index (χ1v) is 4.15. The SMILES string of the molecule is [CH2]C(C)(C)C(=O)OCC(C)(C)C. The van der Waals surface area contributed by atoms with Crippen molar-refractivity contribution in [2.75, 3.05) is 6.61 Å². The van der Waals surface area contributed by atoms with E-state index in [9.17, 15) is 4.79 Å². The third-order valence-corrected chi connectivity index (χ3v) is 1.19. The van der Waals surface area contributed by atoms with E-state index in [0.717, 1.165) is 0 Å². The maximum atomic E-state index is 11.2. The molecular weight excluding hydrogens is 152 g/mol. The fourth-order valence-corrected chi connectivity index (χ4v) is 0.477. The van der Waals surface area contributed by atoms with Gasteiger partial charge in [0.05, 0.1) is 12.0 Å². The number of carbonyl (C=O) groups excluding carboxylic acids is 1. The van der Waals surface area contributed by atoms with Crippen LogP contribution in [0.4, 0.5) is 0 Å². The summed E-state index contributed by atoms with van der Waals surface area (Å²) in [6.07, 6.45) is 0. The van der Waals surface area contributed by atoms with Crippen molar-refractivity contribution in [2.24, 2.45) is 10.8 Å². The Morgan fingerprint density at radius 1 is 1.25 bits per heavy atom. The van der Waals surface area contributed by atoms with Gasteiger partial charge in [-0.3, -0.25) is 4.79 Å². The number of carbonyl (C=O) groups is 1. The summed E-state index contributed by atoms with van der Waals surface area (Å²) in [6.45, 7) is 13.7. The van der Waals surface area contributed by atoms with Crippen LogP contribution in [-0.4, -0.2) is 12.6 Å². The molecule has 0 saturated heterocycles. The molecule has 0 saturated carbocycles. The second kappa shape index (κ2) is 3.46. The number of hydrogen-bond acceptors (Lipinski definition) is 2. The fourth-order valence-electron chi connectivity index (χ4n) is 0.477. The van der Waals surface area contributed by atoms with Crippen LogP contribution in [-0.2, 0) is 9.53 Å². The minimum atomic E-state index is -0.634. The average molecular weight is 171 g/mol. The molecule has 12 heavy (non-hydrogen) atoms. The number of hydrogen-bond donors (Lipinski definition) is 0. The van der Waals surface area contributed by atoms with E-state index in [-0.39, 0.29) is 11.4 Å². The molecule has 1 radical (unpaired) electrons. The van der Waals surface area contributed by atoms with Gasteiger partial charge < -0.3 is 4.74 Å². The summed E-state index contributed by atoms with van der Waals surface area (Å²) in [6, 6.07) is 0. The van der Waals surface area contributed by atoms with Crippen LogP contribution in [0.1, 0.15) is 34.6 Å². The van der Waals surface area contributed by atoms with Gasteiger partial charge in [0.25, 0.3) is 0 Å². The van der Waals surface area contributed by atoms with Crippen molar-refractivity contribution in [1.29, 1.82) is 0 Å². The second-order valence-corrected chi connectivity index (χ2v) is 5.02. The zero-order chi connectivity index (χ0) is 9.99. The molecule has 2 heteroatoms. The van der Waals surface area contributed by atoms with Gasteiger partial charge in [0.15, 0.2) is 0 Å². The molecule has 0 aromatic heterocycles. The lowest BCUT2D eigenvalue weighted by Crippen LogP contribution is -2.27. The van der Waals surface area contributed by atoms with Crippen molar-refractivity contribution in [2.45, 2.75) is 34.6 Å². The highest BCUT2D eigenvalue weighted by Crippen LogP contribution is 2.18. The Labute approximate surface area is 75.3 Å². The van der Waals surface area contributed by atoms with Gasteiger partial charge in [0, 0.05) is 0 Å². The molecule has 0 rings (SSSR count). The van der Waals surface area contributed by atoms with Crippen molar-refractivity contribution in [1.82, 2.24) is 0 Å². The monoisotopic (exact) mass is 171 g/mol. The minimum Gasteiger partial charge on any atom is -0.465 e. The van der Waals surface area contributed by atoms with Gasteiger partial charge in [0.1, 0.15) is 0 Å². The Balaban J connectivity index is 3.90. The Morgan fingerprint density at radius 3 is 1.92 bits per heavy atom. The Kier molecular flexibility index (Phi) is 3.31. The molecule has 0 N–H and O–H groups in total. The van der Waals surface area contributed by atoms with Crippen LogP contribution in [0.5, 0.6) is 0 Å². The van der Waals surface area contributed by atoms with Crippen LogP contribution in [0, 0.1) is 17.8 Å². The van der Waals surface area contributed by atoms with Crippen LogP contribution < -0.4 is 0 Å². The minimum absolute atomic E-state index is 0.0287. The molecule has 71 valence electrons. The molecule has 0 aliphatic heterocycles. The summed E-state index contributed by atoms with van der Waals surface area (Å²) in [5, 5.41) is 0. The van der Waals surface area contributed by atoms with Crippen LogP contribution in [0.15, 0.2) is 0 Å². The molecule has 0 atom stereocenters. The number of ether oxygens (including phenoxy) is 1. The van der Waals surface area contributed by atoms with Crippen molar-refractivity contribution < 1.29 is 9.53 Å². The van der Waals surface area contributed by atoms with E-state index in [2.05, 4.69) is 6.92 Å². The van der Waals surface area contributed by atoms with Gasteiger partial charge in [-0.2, -0.15) is 0 Å². The summed E-state index contributed by atoms with van der Waals surface area (Å²) in [5.41, 5.74) is -0.605. The van der Waals surface area contributed by atoms with Gasteiger partial charge in [-0.05, 0) is 26.2 Å². The highest BCUT2D eigenvalue weighted by atomic mass is 16.5. The molecule has 0 amide bonds. The largest absolute Gasteiger partial charge is 0.465 e. The lowest BCUT2D eigenvalue weighted by molar-refractivity contribution is -0.154. The van der Waals surface area contributed by atoms with Gasteiger partial charge in [0.2, 0.25) is 0 Å². The third kappa shape index (κ3) is 5.16. The smallest absolute Gasteiger partial charge is 0.311 e. The number of esters is 1. The van der Waals surface area contributed by atoms with Crippen molar-refractivity contribution in [3.05, 3.63) is 6.92 Å². The maximum Gasteiger partial charge on any atom is 0.311 e. The lowest BCUT2D eigenvalue weighted by atomic mass is 9.96. The van der Waals surface area contributed by atoms with Crippen molar-refractivity contribution in [3.8, 4) is 0 Å². The zero-order valence-electron chi connectivity index (χ0n) is 8.73. The molecule has 0 aliphatic carbocycles. The van der Waals surface area contributed by atoms with Crippen LogP contribution in [0.25, 0.3) is 0 Å². The summed E-state index contributed by atoms with van der Waals surface area (Å²) < 4.78 is 5.07. The van der Waals surface area contributed by atoms with Crippen LogP contribution in [0.3, 0.4) is 0 Å². The fraction of sp³-hybridized carbons (Fsp3) is 0.800. The van der Waals surface area contributed by atoms with E-state index in [1.807, 2.05) is 20.8 Å². The first-order valence-electron chi connectivity index (χ1n) is 4.15. The van der Waals surface area contributed by atoms with Crippen molar-refractivity contribution >= 4 is 5.97 Å². The molecule has 2 nitrogen and oxygen atoms in total. The molecule has 0 aromatic carbocycles. The van der Waals surface area contributed by atoms with E-state index in [1.165, 1.54) is 0 Å². The maximum absolute atomic E-state index is 11.2. The Morgan fingerprint density at radius 2 is 1.67 bits per heavy atom. The predicted molar refractivity (Wildman–Crippen MR) is 49.6 cm³/mol. The van der Waals surface area contributed by atoms with E-state index in [4.69, 9.17) is 4.74 Å². The molecule has 0 aromatic rings. The van der Waals surface area contributed by atoms with Gasteiger partial charge in [-0.25, -0.2) is 0 Å². The highest BCUT2D eigenvalue weighted by molar-refractivity contribution is 5.76. The van der Waals surface area contributed by atoms with Crippen molar-refractivity contribution in [3.63, 3.8) is 0 Å². The molecule has 0 unspecified atom stereocenters. The summed E-state index contributed by atoms with van der Waals surface area (Å²) in [4.78, 5) is 11.2. The van der Waals surface area contributed by atoms with Gasteiger partial charge in [-0.1, -0.05) is 20.8 Å². The predicted octanol–water partition coefficient (Wildman–Crippen LogP) is 2.44. The standard InChI is InChI=1S/C10H19O2/c1-9(2,3)7-12-8(11)10(4,5)6/h4,7H2,1-3,5-6H3. The molecule has 0 heterocycles.